The summed E-state index contributed by atoms with van der Waals surface area (Å²) in [7, 11) is 0. The molecule has 2 amide bonds. The van der Waals surface area contributed by atoms with E-state index in [0.29, 0.717) is 5.69 Å². The van der Waals surface area contributed by atoms with E-state index in [1.54, 1.807) is 17.1 Å². The third-order valence-electron chi connectivity index (χ3n) is 2.91. The minimum absolute atomic E-state index is 0.0160. The third kappa shape index (κ3) is 3.58. The van der Waals surface area contributed by atoms with Crippen molar-refractivity contribution in [1.82, 2.24) is 9.78 Å². The number of carbonyl (C=O) groups is 1. The molecule has 0 aliphatic heterocycles. The Morgan fingerprint density at radius 2 is 1.95 bits per heavy atom. The molecule has 1 unspecified atom stereocenters. The maximum atomic E-state index is 11.8. The second-order valence-electron chi connectivity index (χ2n) is 4.57. The Hall–Kier alpha value is -2.34. The fraction of sp³-hybridized carbons (Fsp3) is 0.286. The molecule has 6 heteroatoms. The number of rotatable bonds is 4. The summed E-state index contributed by atoms with van der Waals surface area (Å²) in [6, 6.07) is 7.14. The highest BCUT2D eigenvalue weighted by atomic mass is 16.2. The average molecular weight is 273 g/mol. The molecule has 0 saturated heterocycles. The highest BCUT2D eigenvalue weighted by molar-refractivity contribution is 5.99. The van der Waals surface area contributed by atoms with Crippen LogP contribution < -0.4 is 16.4 Å². The van der Waals surface area contributed by atoms with E-state index in [9.17, 15) is 4.79 Å². The molecule has 6 nitrogen and oxygen atoms in total. The minimum atomic E-state index is -0.297. The van der Waals surface area contributed by atoms with Gasteiger partial charge in [-0.1, -0.05) is 12.1 Å². The number of hydrogen-bond donors (Lipinski definition) is 3. The molecule has 1 atom stereocenters. The second kappa shape index (κ2) is 6.21. The van der Waals surface area contributed by atoms with Crippen molar-refractivity contribution in [2.24, 2.45) is 5.73 Å². The van der Waals surface area contributed by atoms with E-state index >= 15 is 0 Å². The van der Waals surface area contributed by atoms with E-state index in [2.05, 4.69) is 15.7 Å². The molecule has 1 aromatic carbocycles. The number of carbonyl (C=O) groups excluding carboxylic acids is 1. The topological polar surface area (TPSA) is 85.0 Å². The maximum Gasteiger partial charge on any atom is 0.323 e. The van der Waals surface area contributed by atoms with Crippen molar-refractivity contribution in [2.75, 3.05) is 10.6 Å². The van der Waals surface area contributed by atoms with Crippen LogP contribution in [0, 0.1) is 0 Å². The fourth-order valence-corrected chi connectivity index (χ4v) is 1.76. The zero-order chi connectivity index (χ0) is 14.5. The molecule has 0 saturated carbocycles. The lowest BCUT2D eigenvalue weighted by Gasteiger charge is -2.08. The largest absolute Gasteiger partial charge is 0.324 e. The number of nitrogens with one attached hydrogen (secondary N) is 2. The molecule has 106 valence electrons. The molecule has 0 bridgehead atoms. The van der Waals surface area contributed by atoms with Crippen molar-refractivity contribution in [1.29, 1.82) is 0 Å². The van der Waals surface area contributed by atoms with Crippen LogP contribution in [0.25, 0.3) is 0 Å². The summed E-state index contributed by atoms with van der Waals surface area (Å²) in [4.78, 5) is 11.8. The maximum absolute atomic E-state index is 11.8. The standard InChI is InChI=1S/C14H19N5O/c1-3-19-9-13(8-16-19)18-14(20)17-12-6-4-11(5-7-12)10(2)15/h4-10H,3,15H2,1-2H3,(H2,17,18,20). The van der Waals surface area contributed by atoms with Crippen LogP contribution in [0.3, 0.4) is 0 Å². The van der Waals surface area contributed by atoms with Gasteiger partial charge >= 0.3 is 6.03 Å². The summed E-state index contributed by atoms with van der Waals surface area (Å²) in [6.45, 7) is 4.67. The Balaban J connectivity index is 1.93. The monoisotopic (exact) mass is 273 g/mol. The molecule has 2 rings (SSSR count). The van der Waals surface area contributed by atoms with Gasteiger partial charge in [-0.25, -0.2) is 4.79 Å². The number of aromatic nitrogens is 2. The van der Waals surface area contributed by atoms with Crippen LogP contribution in [0.2, 0.25) is 0 Å². The van der Waals surface area contributed by atoms with Crippen molar-refractivity contribution < 1.29 is 4.79 Å². The molecule has 2 aromatic rings. The van der Waals surface area contributed by atoms with Gasteiger partial charge in [0, 0.05) is 24.5 Å². The SMILES string of the molecule is CCn1cc(NC(=O)Nc2ccc(C(C)N)cc2)cn1. The molecule has 0 spiro atoms. The van der Waals surface area contributed by atoms with Gasteiger partial charge in [0.1, 0.15) is 0 Å². The Kier molecular flexibility index (Phi) is 4.37. The number of amides is 2. The van der Waals surface area contributed by atoms with Crippen LogP contribution in [-0.4, -0.2) is 15.8 Å². The van der Waals surface area contributed by atoms with Gasteiger partial charge in [-0.2, -0.15) is 5.10 Å². The normalized spacial score (nSPS) is 11.9. The van der Waals surface area contributed by atoms with Gasteiger partial charge in [-0.3, -0.25) is 4.68 Å². The van der Waals surface area contributed by atoms with Crippen molar-refractivity contribution in [2.45, 2.75) is 26.4 Å². The van der Waals surface area contributed by atoms with E-state index in [1.807, 2.05) is 38.1 Å². The summed E-state index contributed by atoms with van der Waals surface area (Å²) in [5.41, 5.74) is 8.18. The van der Waals surface area contributed by atoms with Crippen molar-refractivity contribution in [3.05, 3.63) is 42.2 Å². The molecule has 0 radical (unpaired) electrons. The minimum Gasteiger partial charge on any atom is -0.324 e. The number of nitrogens with two attached hydrogens (primary N) is 1. The Morgan fingerprint density at radius 1 is 1.30 bits per heavy atom. The van der Waals surface area contributed by atoms with E-state index in [4.69, 9.17) is 5.73 Å². The highest BCUT2D eigenvalue weighted by Gasteiger charge is 2.05. The molecular weight excluding hydrogens is 254 g/mol. The zero-order valence-corrected chi connectivity index (χ0v) is 11.6. The molecule has 1 aromatic heterocycles. The zero-order valence-electron chi connectivity index (χ0n) is 11.6. The van der Waals surface area contributed by atoms with Crippen LogP contribution in [0.15, 0.2) is 36.7 Å². The number of nitrogens with zero attached hydrogens (tertiary/aromatic N) is 2. The lowest BCUT2D eigenvalue weighted by atomic mass is 10.1. The first-order valence-corrected chi connectivity index (χ1v) is 6.54. The lowest BCUT2D eigenvalue weighted by molar-refractivity contribution is 0.262. The number of hydrogen-bond acceptors (Lipinski definition) is 3. The third-order valence-corrected chi connectivity index (χ3v) is 2.91. The van der Waals surface area contributed by atoms with Gasteiger partial charge in [0.15, 0.2) is 0 Å². The number of aryl methyl sites for hydroxylation is 1. The lowest BCUT2D eigenvalue weighted by Crippen LogP contribution is -2.19. The summed E-state index contributed by atoms with van der Waals surface area (Å²) in [5.74, 6) is 0. The molecule has 1 heterocycles. The van der Waals surface area contributed by atoms with E-state index in [1.165, 1.54) is 0 Å². The fourth-order valence-electron chi connectivity index (χ4n) is 1.76. The van der Waals surface area contributed by atoms with Crippen molar-refractivity contribution >= 4 is 17.4 Å². The van der Waals surface area contributed by atoms with Crippen LogP contribution in [0.4, 0.5) is 16.2 Å². The van der Waals surface area contributed by atoms with E-state index in [-0.39, 0.29) is 12.1 Å². The Bertz CT molecular complexity index is 574. The molecule has 0 fully saturated rings. The molecule has 0 aliphatic carbocycles. The summed E-state index contributed by atoms with van der Waals surface area (Å²) < 4.78 is 1.74. The average Bonchev–Trinajstić information content (AvgIpc) is 2.86. The summed E-state index contributed by atoms with van der Waals surface area (Å²) in [6.07, 6.45) is 3.39. The van der Waals surface area contributed by atoms with Gasteiger partial charge in [-0.05, 0) is 31.5 Å². The molecule has 0 aliphatic rings. The second-order valence-corrected chi connectivity index (χ2v) is 4.57. The quantitative estimate of drug-likeness (QED) is 0.800. The van der Waals surface area contributed by atoms with Crippen LogP contribution >= 0.6 is 0 Å². The molecule has 20 heavy (non-hydrogen) atoms. The number of urea groups is 1. The van der Waals surface area contributed by atoms with Crippen LogP contribution in [-0.2, 0) is 6.54 Å². The predicted octanol–water partition coefficient (Wildman–Crippen LogP) is 2.57. The first-order valence-electron chi connectivity index (χ1n) is 6.54. The van der Waals surface area contributed by atoms with Gasteiger partial charge in [-0.15, -0.1) is 0 Å². The highest BCUT2D eigenvalue weighted by Crippen LogP contribution is 2.14. The Morgan fingerprint density at radius 3 is 2.50 bits per heavy atom. The first-order chi connectivity index (χ1) is 9.58. The van der Waals surface area contributed by atoms with Crippen molar-refractivity contribution in [3.63, 3.8) is 0 Å². The van der Waals surface area contributed by atoms with Crippen LogP contribution in [0.1, 0.15) is 25.5 Å². The summed E-state index contributed by atoms with van der Waals surface area (Å²) in [5, 5.41) is 9.57. The van der Waals surface area contributed by atoms with Crippen LogP contribution in [0.5, 0.6) is 0 Å². The summed E-state index contributed by atoms with van der Waals surface area (Å²) >= 11 is 0. The van der Waals surface area contributed by atoms with Gasteiger partial charge in [0.05, 0.1) is 11.9 Å². The van der Waals surface area contributed by atoms with E-state index in [0.717, 1.165) is 17.8 Å². The van der Waals surface area contributed by atoms with Gasteiger partial charge < -0.3 is 16.4 Å². The molecule has 4 N–H and O–H groups in total. The molecular formula is C14H19N5O. The number of anilines is 2. The Labute approximate surface area is 118 Å². The first kappa shape index (κ1) is 14.1. The van der Waals surface area contributed by atoms with Gasteiger partial charge in [0.25, 0.3) is 0 Å². The smallest absolute Gasteiger partial charge is 0.323 e. The van der Waals surface area contributed by atoms with Crippen molar-refractivity contribution in [3.8, 4) is 0 Å². The van der Waals surface area contributed by atoms with Gasteiger partial charge in [0.2, 0.25) is 0 Å². The predicted molar refractivity (Wildman–Crippen MR) is 79.6 cm³/mol. The number of benzene rings is 1. The van der Waals surface area contributed by atoms with E-state index < -0.39 is 0 Å².